The molecule has 90 valence electrons. The highest BCUT2D eigenvalue weighted by Crippen LogP contribution is 2.25. The number of rotatable bonds is 3. The molecule has 4 nitrogen and oxygen atoms in total. The van der Waals surface area contributed by atoms with Crippen molar-refractivity contribution in [2.45, 2.75) is 52.5 Å². The van der Waals surface area contributed by atoms with Gasteiger partial charge in [0.2, 0.25) is 0 Å². The van der Waals surface area contributed by atoms with Gasteiger partial charge in [0.15, 0.2) is 0 Å². The van der Waals surface area contributed by atoms with E-state index < -0.39 is 5.97 Å². The van der Waals surface area contributed by atoms with E-state index in [9.17, 15) is 4.79 Å². The Kier molecular flexibility index (Phi) is 3.41. The molecule has 1 rings (SSSR count). The molecule has 1 N–H and O–H groups in total. The summed E-state index contributed by atoms with van der Waals surface area (Å²) < 4.78 is 1.91. The van der Waals surface area contributed by atoms with Crippen LogP contribution in [0.1, 0.15) is 52.0 Å². The van der Waals surface area contributed by atoms with E-state index in [1.54, 1.807) is 0 Å². The van der Waals surface area contributed by atoms with Crippen molar-refractivity contribution in [2.75, 3.05) is 0 Å². The van der Waals surface area contributed by atoms with E-state index in [1.807, 2.05) is 24.6 Å². The maximum Gasteiger partial charge on any atom is 0.309 e. The molecule has 0 aromatic carbocycles. The molecule has 0 atom stereocenters. The standard InChI is InChI=1S/C12H20N2O2/c1-8(2)14-10(12(3,4)5)6-9(13-14)7-11(15)16/h6,8H,7H2,1-5H3,(H,15,16). The Labute approximate surface area is 96.3 Å². The zero-order valence-corrected chi connectivity index (χ0v) is 10.6. The third-order valence-electron chi connectivity index (χ3n) is 2.38. The van der Waals surface area contributed by atoms with Gasteiger partial charge in [-0.2, -0.15) is 5.10 Å². The molecule has 1 aromatic heterocycles. The summed E-state index contributed by atoms with van der Waals surface area (Å²) in [6.07, 6.45) is -0.0111. The minimum atomic E-state index is -0.839. The van der Waals surface area contributed by atoms with Gasteiger partial charge in [0.25, 0.3) is 0 Å². The lowest BCUT2D eigenvalue weighted by Crippen LogP contribution is -2.19. The predicted molar refractivity (Wildman–Crippen MR) is 62.7 cm³/mol. The van der Waals surface area contributed by atoms with Gasteiger partial charge in [0.1, 0.15) is 0 Å². The van der Waals surface area contributed by atoms with Crippen molar-refractivity contribution >= 4 is 5.97 Å². The Bertz CT molecular complexity index is 386. The molecule has 0 aliphatic heterocycles. The van der Waals surface area contributed by atoms with Gasteiger partial charge in [-0.3, -0.25) is 9.48 Å². The zero-order chi connectivity index (χ0) is 12.5. The number of aromatic nitrogens is 2. The summed E-state index contributed by atoms with van der Waals surface area (Å²) in [5.41, 5.74) is 1.69. The molecular weight excluding hydrogens is 204 g/mol. The smallest absolute Gasteiger partial charge is 0.309 e. The molecule has 0 saturated carbocycles. The largest absolute Gasteiger partial charge is 0.481 e. The fourth-order valence-corrected chi connectivity index (χ4v) is 1.64. The number of nitrogens with zero attached hydrogens (tertiary/aromatic N) is 2. The molecule has 0 aliphatic carbocycles. The van der Waals surface area contributed by atoms with E-state index in [0.717, 1.165) is 5.69 Å². The maximum absolute atomic E-state index is 10.7. The first-order valence-corrected chi connectivity index (χ1v) is 5.52. The van der Waals surface area contributed by atoms with Crippen LogP contribution in [-0.2, 0) is 16.6 Å². The third-order valence-corrected chi connectivity index (χ3v) is 2.38. The molecule has 4 heteroatoms. The van der Waals surface area contributed by atoms with Crippen LogP contribution in [0.5, 0.6) is 0 Å². The number of carboxylic acid groups (broad SMARTS) is 1. The first kappa shape index (κ1) is 12.7. The fraction of sp³-hybridized carbons (Fsp3) is 0.667. The summed E-state index contributed by atoms with van der Waals surface area (Å²) in [6.45, 7) is 10.4. The van der Waals surface area contributed by atoms with Crippen LogP contribution in [0.25, 0.3) is 0 Å². The molecule has 0 saturated heterocycles. The highest BCUT2D eigenvalue weighted by Gasteiger charge is 2.22. The van der Waals surface area contributed by atoms with E-state index in [-0.39, 0.29) is 17.9 Å². The lowest BCUT2D eigenvalue weighted by molar-refractivity contribution is -0.136. The summed E-state index contributed by atoms with van der Waals surface area (Å²) >= 11 is 0. The van der Waals surface area contributed by atoms with Gasteiger partial charge >= 0.3 is 5.97 Å². The molecule has 0 radical (unpaired) electrons. The summed E-state index contributed by atoms with van der Waals surface area (Å²) in [5.74, 6) is -0.839. The lowest BCUT2D eigenvalue weighted by Gasteiger charge is -2.22. The monoisotopic (exact) mass is 224 g/mol. The van der Waals surface area contributed by atoms with Crippen LogP contribution in [0.15, 0.2) is 6.07 Å². The van der Waals surface area contributed by atoms with Gasteiger partial charge in [0.05, 0.1) is 12.1 Å². The Morgan fingerprint density at radius 2 is 2.06 bits per heavy atom. The summed E-state index contributed by atoms with van der Waals surface area (Å²) in [4.78, 5) is 10.7. The molecule has 0 spiro atoms. The first-order valence-electron chi connectivity index (χ1n) is 5.52. The van der Waals surface area contributed by atoms with Gasteiger partial charge in [0, 0.05) is 17.2 Å². The number of carboxylic acids is 1. The van der Waals surface area contributed by atoms with Crippen molar-refractivity contribution < 1.29 is 9.90 Å². The Morgan fingerprint density at radius 1 is 1.50 bits per heavy atom. The molecule has 1 aromatic rings. The maximum atomic E-state index is 10.7. The minimum absolute atomic E-state index is 0.0111. The van der Waals surface area contributed by atoms with E-state index in [0.29, 0.717) is 5.69 Å². The van der Waals surface area contributed by atoms with Gasteiger partial charge in [-0.1, -0.05) is 20.8 Å². The molecule has 0 bridgehead atoms. The summed E-state index contributed by atoms with van der Waals surface area (Å²) in [6, 6.07) is 2.14. The predicted octanol–water partition coefficient (Wildman–Crippen LogP) is 2.39. The molecule has 16 heavy (non-hydrogen) atoms. The van der Waals surface area contributed by atoms with Gasteiger partial charge in [-0.05, 0) is 19.9 Å². The second-order valence-corrected chi connectivity index (χ2v) is 5.38. The minimum Gasteiger partial charge on any atom is -0.481 e. The Hall–Kier alpha value is -1.32. The number of aliphatic carboxylic acids is 1. The van der Waals surface area contributed by atoms with Crippen LogP contribution in [0.3, 0.4) is 0 Å². The Morgan fingerprint density at radius 3 is 2.38 bits per heavy atom. The van der Waals surface area contributed by atoms with Crippen LogP contribution >= 0.6 is 0 Å². The molecule has 0 fully saturated rings. The molecule has 1 heterocycles. The molecular formula is C12H20N2O2. The van der Waals surface area contributed by atoms with Crippen molar-refractivity contribution in [1.82, 2.24) is 9.78 Å². The lowest BCUT2D eigenvalue weighted by atomic mass is 9.91. The highest BCUT2D eigenvalue weighted by atomic mass is 16.4. The topological polar surface area (TPSA) is 55.1 Å². The number of carbonyl (C=O) groups is 1. The van der Waals surface area contributed by atoms with Gasteiger partial charge in [-0.25, -0.2) is 0 Å². The fourth-order valence-electron chi connectivity index (χ4n) is 1.64. The molecule has 0 amide bonds. The van der Waals surface area contributed by atoms with Crippen LogP contribution in [-0.4, -0.2) is 20.9 Å². The van der Waals surface area contributed by atoms with Crippen LogP contribution in [0.2, 0.25) is 0 Å². The van der Waals surface area contributed by atoms with Gasteiger partial charge in [-0.15, -0.1) is 0 Å². The first-order chi connectivity index (χ1) is 7.21. The van der Waals surface area contributed by atoms with E-state index in [1.165, 1.54) is 0 Å². The molecule has 0 unspecified atom stereocenters. The van der Waals surface area contributed by atoms with E-state index in [2.05, 4.69) is 25.9 Å². The quantitative estimate of drug-likeness (QED) is 0.857. The Balaban J connectivity index is 3.15. The summed E-state index contributed by atoms with van der Waals surface area (Å²) in [7, 11) is 0. The van der Waals surface area contributed by atoms with Gasteiger partial charge < -0.3 is 5.11 Å². The normalized spacial score (nSPS) is 12.1. The summed E-state index contributed by atoms with van der Waals surface area (Å²) in [5, 5.41) is 13.1. The number of hydrogen-bond donors (Lipinski definition) is 1. The number of hydrogen-bond acceptors (Lipinski definition) is 2. The van der Waals surface area contributed by atoms with Crippen LogP contribution in [0.4, 0.5) is 0 Å². The average Bonchev–Trinajstić information content (AvgIpc) is 2.45. The van der Waals surface area contributed by atoms with Crippen molar-refractivity contribution in [2.24, 2.45) is 0 Å². The van der Waals surface area contributed by atoms with E-state index >= 15 is 0 Å². The average molecular weight is 224 g/mol. The van der Waals surface area contributed by atoms with Crippen molar-refractivity contribution in [3.05, 3.63) is 17.5 Å². The second kappa shape index (κ2) is 4.28. The van der Waals surface area contributed by atoms with Crippen molar-refractivity contribution in [1.29, 1.82) is 0 Å². The van der Waals surface area contributed by atoms with Crippen LogP contribution in [0, 0.1) is 0 Å². The van der Waals surface area contributed by atoms with Crippen molar-refractivity contribution in [3.63, 3.8) is 0 Å². The SMILES string of the molecule is CC(C)n1nc(CC(=O)O)cc1C(C)(C)C. The van der Waals surface area contributed by atoms with Crippen molar-refractivity contribution in [3.8, 4) is 0 Å². The highest BCUT2D eigenvalue weighted by molar-refractivity contribution is 5.69. The third kappa shape index (κ3) is 2.84. The van der Waals surface area contributed by atoms with E-state index in [4.69, 9.17) is 5.11 Å². The van der Waals surface area contributed by atoms with Crippen LogP contribution < -0.4 is 0 Å². The zero-order valence-electron chi connectivity index (χ0n) is 10.6. The molecule has 0 aliphatic rings. The second-order valence-electron chi connectivity index (χ2n) is 5.38.